The first kappa shape index (κ1) is 14.8. The predicted molar refractivity (Wildman–Crippen MR) is 84.4 cm³/mol. The van der Waals surface area contributed by atoms with Gasteiger partial charge in [-0.1, -0.05) is 29.3 Å². The van der Waals surface area contributed by atoms with Crippen LogP contribution in [-0.4, -0.2) is 27.2 Å². The molecule has 2 heterocycles. The molecule has 0 bridgehead atoms. The molecule has 0 atom stereocenters. The summed E-state index contributed by atoms with van der Waals surface area (Å²) in [6.07, 6.45) is 4.72. The van der Waals surface area contributed by atoms with Crippen molar-refractivity contribution in [3.63, 3.8) is 0 Å². The number of aromatic nitrogens is 3. The number of hydrogen-bond acceptors (Lipinski definition) is 4. The van der Waals surface area contributed by atoms with E-state index in [1.165, 1.54) is 10.7 Å². The second-order valence-corrected chi connectivity index (χ2v) is 5.33. The monoisotopic (exact) mass is 335 g/mol. The Morgan fingerprint density at radius 3 is 2.82 bits per heavy atom. The lowest BCUT2D eigenvalue weighted by Gasteiger charge is -2.03. The van der Waals surface area contributed by atoms with E-state index in [1.54, 1.807) is 31.5 Å². The van der Waals surface area contributed by atoms with Crippen molar-refractivity contribution in [3.05, 3.63) is 52.4 Å². The van der Waals surface area contributed by atoms with Crippen molar-refractivity contribution in [1.82, 2.24) is 14.6 Å². The summed E-state index contributed by atoms with van der Waals surface area (Å²) in [5.41, 5.74) is 2.61. The quantitative estimate of drug-likeness (QED) is 0.681. The standard InChI is InChI=1S/C15H11Cl2N3O2/c1-2-22-15(21)10-6-18-14-11(7-19-20(14)8-10)9-3-4-12(16)13(17)5-9/h3-8H,2H2,1H3. The lowest BCUT2D eigenvalue weighted by molar-refractivity contribution is 0.0525. The third-order valence-corrected chi connectivity index (χ3v) is 3.84. The van der Waals surface area contributed by atoms with Crippen molar-refractivity contribution in [2.75, 3.05) is 6.61 Å². The number of benzene rings is 1. The van der Waals surface area contributed by atoms with Crippen LogP contribution in [-0.2, 0) is 4.74 Å². The van der Waals surface area contributed by atoms with Crippen LogP contribution in [0.15, 0.2) is 36.8 Å². The van der Waals surface area contributed by atoms with Crippen molar-refractivity contribution < 1.29 is 9.53 Å². The van der Waals surface area contributed by atoms with E-state index in [0.717, 1.165) is 11.1 Å². The average molecular weight is 336 g/mol. The predicted octanol–water partition coefficient (Wildman–Crippen LogP) is 3.88. The smallest absolute Gasteiger partial charge is 0.341 e. The van der Waals surface area contributed by atoms with Crippen molar-refractivity contribution >= 4 is 34.8 Å². The molecule has 0 saturated carbocycles. The molecule has 0 spiro atoms. The van der Waals surface area contributed by atoms with Gasteiger partial charge in [-0.25, -0.2) is 14.3 Å². The molecule has 5 nitrogen and oxygen atoms in total. The Hall–Kier alpha value is -2.11. The number of fused-ring (bicyclic) bond motifs is 1. The summed E-state index contributed by atoms with van der Waals surface area (Å²) in [6.45, 7) is 2.06. The molecule has 0 aliphatic carbocycles. The lowest BCUT2D eigenvalue weighted by Crippen LogP contribution is -2.07. The highest BCUT2D eigenvalue weighted by molar-refractivity contribution is 6.42. The van der Waals surface area contributed by atoms with Gasteiger partial charge in [0.1, 0.15) is 0 Å². The zero-order chi connectivity index (χ0) is 15.7. The Kier molecular flexibility index (Phi) is 4.00. The van der Waals surface area contributed by atoms with Crippen LogP contribution in [0.2, 0.25) is 10.0 Å². The number of hydrogen-bond donors (Lipinski definition) is 0. The van der Waals surface area contributed by atoms with E-state index in [4.69, 9.17) is 27.9 Å². The van der Waals surface area contributed by atoms with Gasteiger partial charge < -0.3 is 4.74 Å². The van der Waals surface area contributed by atoms with E-state index in [0.29, 0.717) is 27.9 Å². The van der Waals surface area contributed by atoms with E-state index in [2.05, 4.69) is 10.1 Å². The van der Waals surface area contributed by atoms with E-state index < -0.39 is 5.97 Å². The minimum atomic E-state index is -0.427. The molecule has 3 aromatic rings. The Labute approximate surface area is 136 Å². The number of esters is 1. The number of ether oxygens (including phenoxy) is 1. The minimum absolute atomic E-state index is 0.310. The molecule has 3 rings (SSSR count). The number of carbonyl (C=O) groups is 1. The summed E-state index contributed by atoms with van der Waals surface area (Å²) in [6, 6.07) is 5.31. The van der Waals surface area contributed by atoms with Gasteiger partial charge in [0.25, 0.3) is 0 Å². The maximum Gasteiger partial charge on any atom is 0.341 e. The van der Waals surface area contributed by atoms with E-state index in [1.807, 2.05) is 6.07 Å². The molecule has 0 radical (unpaired) electrons. The second-order valence-electron chi connectivity index (χ2n) is 4.52. The molecule has 7 heteroatoms. The molecule has 0 fully saturated rings. The normalized spacial score (nSPS) is 10.9. The fourth-order valence-corrected chi connectivity index (χ4v) is 2.36. The van der Waals surface area contributed by atoms with E-state index >= 15 is 0 Å². The first-order valence-corrected chi connectivity index (χ1v) is 7.31. The summed E-state index contributed by atoms with van der Waals surface area (Å²) in [7, 11) is 0. The zero-order valence-electron chi connectivity index (χ0n) is 11.6. The molecule has 0 aliphatic rings. The maximum atomic E-state index is 11.7. The van der Waals surface area contributed by atoms with Crippen molar-refractivity contribution in [2.45, 2.75) is 6.92 Å². The molecule has 0 unspecified atom stereocenters. The molecular formula is C15H11Cl2N3O2. The summed E-state index contributed by atoms with van der Waals surface area (Å²) >= 11 is 12.0. The van der Waals surface area contributed by atoms with E-state index in [9.17, 15) is 4.79 Å². The third-order valence-electron chi connectivity index (χ3n) is 3.10. The van der Waals surface area contributed by atoms with Gasteiger partial charge in [-0.2, -0.15) is 5.10 Å². The average Bonchev–Trinajstić information content (AvgIpc) is 2.93. The highest BCUT2D eigenvalue weighted by Gasteiger charge is 2.13. The summed E-state index contributed by atoms with van der Waals surface area (Å²) in [4.78, 5) is 16.0. The van der Waals surface area contributed by atoms with E-state index in [-0.39, 0.29) is 0 Å². The Morgan fingerprint density at radius 2 is 2.09 bits per heavy atom. The van der Waals surface area contributed by atoms with Crippen molar-refractivity contribution in [1.29, 1.82) is 0 Å². The van der Waals surface area contributed by atoms with Crippen molar-refractivity contribution in [2.24, 2.45) is 0 Å². The summed E-state index contributed by atoms with van der Waals surface area (Å²) in [5, 5.41) is 5.17. The van der Waals surface area contributed by atoms with Crippen LogP contribution in [0.25, 0.3) is 16.8 Å². The van der Waals surface area contributed by atoms with Gasteiger partial charge in [0.15, 0.2) is 5.65 Å². The fraction of sp³-hybridized carbons (Fsp3) is 0.133. The molecule has 0 saturated heterocycles. The Morgan fingerprint density at radius 1 is 1.27 bits per heavy atom. The summed E-state index contributed by atoms with van der Waals surface area (Å²) in [5.74, 6) is -0.427. The van der Waals surface area contributed by atoms with Gasteiger partial charge in [-0.05, 0) is 24.6 Å². The fourth-order valence-electron chi connectivity index (χ4n) is 2.06. The number of halogens is 2. The van der Waals surface area contributed by atoms with Gasteiger partial charge in [-0.3, -0.25) is 0 Å². The zero-order valence-corrected chi connectivity index (χ0v) is 13.1. The van der Waals surface area contributed by atoms with Gasteiger partial charge >= 0.3 is 5.97 Å². The number of nitrogens with zero attached hydrogens (tertiary/aromatic N) is 3. The van der Waals surface area contributed by atoms with Crippen LogP contribution in [0, 0.1) is 0 Å². The van der Waals surface area contributed by atoms with Crippen molar-refractivity contribution in [3.8, 4) is 11.1 Å². The first-order chi connectivity index (χ1) is 10.6. The van der Waals surface area contributed by atoms with Crippen LogP contribution < -0.4 is 0 Å². The van der Waals surface area contributed by atoms with Crippen LogP contribution in [0.1, 0.15) is 17.3 Å². The highest BCUT2D eigenvalue weighted by Crippen LogP contribution is 2.30. The SMILES string of the molecule is CCOC(=O)c1cnc2c(-c3ccc(Cl)c(Cl)c3)cnn2c1. The molecule has 1 aromatic carbocycles. The van der Waals surface area contributed by atoms with Gasteiger partial charge in [-0.15, -0.1) is 0 Å². The van der Waals surface area contributed by atoms with Gasteiger partial charge in [0, 0.05) is 18.0 Å². The Bertz CT molecular complexity index is 861. The van der Waals surface area contributed by atoms with Gasteiger partial charge in [0.05, 0.1) is 28.4 Å². The number of carbonyl (C=O) groups excluding carboxylic acids is 1. The molecule has 112 valence electrons. The first-order valence-electron chi connectivity index (χ1n) is 6.56. The maximum absolute atomic E-state index is 11.7. The number of rotatable bonds is 3. The molecule has 0 aliphatic heterocycles. The minimum Gasteiger partial charge on any atom is -0.462 e. The molecule has 0 N–H and O–H groups in total. The van der Waals surface area contributed by atoms with Crippen LogP contribution in [0.4, 0.5) is 0 Å². The molecule has 0 amide bonds. The topological polar surface area (TPSA) is 56.5 Å². The largest absolute Gasteiger partial charge is 0.462 e. The molecule has 22 heavy (non-hydrogen) atoms. The van der Waals surface area contributed by atoms with Gasteiger partial charge in [0.2, 0.25) is 0 Å². The van der Waals surface area contributed by atoms with Crippen LogP contribution in [0.5, 0.6) is 0 Å². The molecule has 2 aromatic heterocycles. The molecular weight excluding hydrogens is 325 g/mol. The third kappa shape index (κ3) is 2.65. The van der Waals surface area contributed by atoms with Crippen LogP contribution >= 0.6 is 23.2 Å². The van der Waals surface area contributed by atoms with Crippen LogP contribution in [0.3, 0.4) is 0 Å². The summed E-state index contributed by atoms with van der Waals surface area (Å²) < 4.78 is 6.48. The second kappa shape index (κ2) is 5.94. The Balaban J connectivity index is 2.05. The lowest BCUT2D eigenvalue weighted by atomic mass is 10.1. The highest BCUT2D eigenvalue weighted by atomic mass is 35.5.